The number of sulfone groups is 1. The van der Waals surface area contributed by atoms with Gasteiger partial charge in [-0.1, -0.05) is 37.8 Å². The molecule has 0 saturated heterocycles. The molecule has 2 aromatic rings. The molecule has 1 unspecified atom stereocenters. The number of nitrogens with one attached hydrogen (secondary N) is 1. The number of amides is 1. The van der Waals surface area contributed by atoms with Gasteiger partial charge >= 0.3 is 5.97 Å². The first-order chi connectivity index (χ1) is 13.2. The van der Waals surface area contributed by atoms with Crippen LogP contribution < -0.4 is 5.32 Å². The molecule has 150 valence electrons. The fraction of sp³-hybridized carbons (Fsp3) is 0.421. The van der Waals surface area contributed by atoms with Crippen LogP contribution in [0.3, 0.4) is 0 Å². The molecule has 2 N–H and O–H groups in total. The lowest BCUT2D eigenvalue weighted by Crippen LogP contribution is -2.23. The molecule has 7 nitrogen and oxygen atoms in total. The number of carboxylic acids is 1. The van der Waals surface area contributed by atoms with Gasteiger partial charge in [0.2, 0.25) is 5.91 Å². The number of rotatable bonds is 7. The van der Waals surface area contributed by atoms with Crippen LogP contribution in [0, 0.1) is 5.92 Å². The molecule has 0 radical (unpaired) electrons. The van der Waals surface area contributed by atoms with E-state index in [4.69, 9.17) is 5.11 Å². The van der Waals surface area contributed by atoms with E-state index in [0.29, 0.717) is 12.3 Å². The second-order valence-electron chi connectivity index (χ2n) is 7.11. The first-order valence-electron chi connectivity index (χ1n) is 9.03. The Morgan fingerprint density at radius 3 is 2.43 bits per heavy atom. The minimum atomic E-state index is -3.31. The molecule has 1 atom stereocenters. The van der Waals surface area contributed by atoms with Crippen molar-refractivity contribution in [2.24, 2.45) is 5.92 Å². The van der Waals surface area contributed by atoms with Crippen LogP contribution in [0.1, 0.15) is 54.1 Å². The Bertz CT molecular complexity index is 960. The fourth-order valence-corrected chi connectivity index (χ4v) is 4.86. The van der Waals surface area contributed by atoms with Crippen LogP contribution in [-0.4, -0.2) is 36.6 Å². The molecule has 1 fully saturated rings. The molecule has 9 heteroatoms. The zero-order valence-corrected chi connectivity index (χ0v) is 17.1. The van der Waals surface area contributed by atoms with Crippen molar-refractivity contribution >= 4 is 38.2 Å². The first kappa shape index (κ1) is 20.5. The van der Waals surface area contributed by atoms with Gasteiger partial charge in [-0.15, -0.1) is 11.3 Å². The van der Waals surface area contributed by atoms with Crippen LogP contribution >= 0.6 is 11.3 Å². The average molecular weight is 423 g/mol. The lowest BCUT2D eigenvalue weighted by atomic mass is 9.87. The molecule has 1 saturated carbocycles. The quantitative estimate of drug-likeness (QED) is 0.705. The monoisotopic (exact) mass is 422 g/mol. The number of nitrogens with zero attached hydrogens (tertiary/aromatic N) is 1. The minimum absolute atomic E-state index is 0.106. The highest BCUT2D eigenvalue weighted by Gasteiger charge is 2.27. The first-order valence-corrected chi connectivity index (χ1v) is 11.8. The predicted molar refractivity (Wildman–Crippen MR) is 107 cm³/mol. The Morgan fingerprint density at radius 1 is 1.25 bits per heavy atom. The largest absolute Gasteiger partial charge is 0.476 e. The molecule has 1 aliphatic carbocycles. The normalized spacial score (nSPS) is 16.0. The molecule has 1 aromatic carbocycles. The highest BCUT2D eigenvalue weighted by Crippen LogP contribution is 2.35. The number of hydrogen-bond donors (Lipinski definition) is 2. The van der Waals surface area contributed by atoms with Crippen LogP contribution in [0.4, 0.5) is 5.13 Å². The van der Waals surface area contributed by atoms with Crippen molar-refractivity contribution in [1.29, 1.82) is 0 Å². The second kappa shape index (κ2) is 8.40. The van der Waals surface area contributed by atoms with E-state index in [1.807, 2.05) is 0 Å². The van der Waals surface area contributed by atoms with E-state index in [1.54, 1.807) is 12.1 Å². The molecule has 1 aliphatic rings. The van der Waals surface area contributed by atoms with Gasteiger partial charge in [0.25, 0.3) is 0 Å². The Labute approximate surface area is 167 Å². The summed E-state index contributed by atoms with van der Waals surface area (Å²) >= 11 is 1.06. The lowest BCUT2D eigenvalue weighted by Gasteiger charge is -2.20. The molecule has 1 aromatic heterocycles. The van der Waals surface area contributed by atoms with Crippen LogP contribution in [0.25, 0.3) is 0 Å². The van der Waals surface area contributed by atoms with Crippen molar-refractivity contribution in [3.8, 4) is 0 Å². The Balaban J connectivity index is 1.82. The standard InChI is InChI=1S/C19H22N2O5S2/c1-28(25,26)14-8-6-13(7-9-14)15(10-12-4-2-3-5-12)17(22)21-19-20-16(11-27-19)18(23)24/h6-9,11-12,15H,2-5,10H2,1H3,(H,23,24)(H,20,21,22). The van der Waals surface area contributed by atoms with E-state index in [9.17, 15) is 18.0 Å². The number of aromatic carboxylic acids is 1. The van der Waals surface area contributed by atoms with Gasteiger partial charge < -0.3 is 10.4 Å². The van der Waals surface area contributed by atoms with Gasteiger partial charge in [0.15, 0.2) is 20.7 Å². The minimum Gasteiger partial charge on any atom is -0.476 e. The summed E-state index contributed by atoms with van der Waals surface area (Å²) in [6.45, 7) is 0. The molecule has 0 spiro atoms. The van der Waals surface area contributed by atoms with Gasteiger partial charge in [-0.2, -0.15) is 0 Å². The Morgan fingerprint density at radius 2 is 1.89 bits per heavy atom. The second-order valence-corrected chi connectivity index (χ2v) is 9.99. The summed E-state index contributed by atoms with van der Waals surface area (Å²) in [4.78, 5) is 28.1. The van der Waals surface area contributed by atoms with E-state index in [1.165, 1.54) is 17.5 Å². The van der Waals surface area contributed by atoms with Gasteiger partial charge in [-0.05, 0) is 30.0 Å². The maximum absolute atomic E-state index is 13.0. The van der Waals surface area contributed by atoms with Crippen LogP contribution in [0.15, 0.2) is 34.5 Å². The van der Waals surface area contributed by atoms with Crippen molar-refractivity contribution in [3.63, 3.8) is 0 Å². The molecular weight excluding hydrogens is 400 g/mol. The number of carbonyl (C=O) groups is 2. The van der Waals surface area contributed by atoms with Gasteiger partial charge in [0.1, 0.15) is 0 Å². The maximum Gasteiger partial charge on any atom is 0.355 e. The highest BCUT2D eigenvalue weighted by molar-refractivity contribution is 7.90. The predicted octanol–water partition coefficient (Wildman–Crippen LogP) is 3.55. The molecule has 0 aliphatic heterocycles. The van der Waals surface area contributed by atoms with Crippen molar-refractivity contribution in [3.05, 3.63) is 40.9 Å². The third kappa shape index (κ3) is 4.96. The molecule has 3 rings (SSSR count). The molecule has 28 heavy (non-hydrogen) atoms. The lowest BCUT2D eigenvalue weighted by molar-refractivity contribution is -0.118. The van der Waals surface area contributed by atoms with Gasteiger partial charge in [0.05, 0.1) is 10.8 Å². The Kier molecular flexibility index (Phi) is 6.14. The smallest absolute Gasteiger partial charge is 0.355 e. The van der Waals surface area contributed by atoms with Crippen LogP contribution in [0.5, 0.6) is 0 Å². The SMILES string of the molecule is CS(=O)(=O)c1ccc(C(CC2CCCC2)C(=O)Nc2nc(C(=O)O)cs2)cc1. The molecule has 1 amide bonds. The summed E-state index contributed by atoms with van der Waals surface area (Å²) in [6.07, 6.45) is 6.27. The van der Waals surface area contributed by atoms with Crippen molar-refractivity contribution in [2.45, 2.75) is 42.9 Å². The third-order valence-corrected chi connectivity index (χ3v) is 6.91. The maximum atomic E-state index is 13.0. The van der Waals surface area contributed by atoms with Crippen LogP contribution in [-0.2, 0) is 14.6 Å². The number of carbonyl (C=O) groups excluding carboxylic acids is 1. The number of thiazole rings is 1. The summed E-state index contributed by atoms with van der Waals surface area (Å²) in [5, 5.41) is 13.3. The van der Waals surface area contributed by atoms with Crippen molar-refractivity contribution in [2.75, 3.05) is 11.6 Å². The number of carboxylic acid groups (broad SMARTS) is 1. The van der Waals surface area contributed by atoms with E-state index in [0.717, 1.165) is 48.8 Å². The number of aromatic nitrogens is 1. The Hall–Kier alpha value is -2.26. The van der Waals surface area contributed by atoms with Gasteiger partial charge in [-0.25, -0.2) is 18.2 Å². The van der Waals surface area contributed by atoms with E-state index < -0.39 is 21.7 Å². The highest BCUT2D eigenvalue weighted by atomic mass is 32.2. The van der Waals surface area contributed by atoms with Crippen molar-refractivity contribution < 1.29 is 23.1 Å². The molecular formula is C19H22N2O5S2. The zero-order chi connectivity index (χ0) is 20.3. The fourth-order valence-electron chi connectivity index (χ4n) is 3.54. The van der Waals surface area contributed by atoms with E-state index >= 15 is 0 Å². The number of anilines is 1. The van der Waals surface area contributed by atoms with Gasteiger partial charge in [0, 0.05) is 11.6 Å². The van der Waals surface area contributed by atoms with E-state index in [-0.39, 0.29) is 21.6 Å². The average Bonchev–Trinajstić information content (AvgIpc) is 3.30. The van der Waals surface area contributed by atoms with E-state index in [2.05, 4.69) is 10.3 Å². The molecule has 1 heterocycles. The summed E-state index contributed by atoms with van der Waals surface area (Å²) in [7, 11) is -3.31. The third-order valence-electron chi connectivity index (χ3n) is 5.02. The summed E-state index contributed by atoms with van der Waals surface area (Å²) < 4.78 is 23.4. The summed E-state index contributed by atoms with van der Waals surface area (Å²) in [5.41, 5.74) is 0.636. The summed E-state index contributed by atoms with van der Waals surface area (Å²) in [6, 6.07) is 6.40. The number of hydrogen-bond acceptors (Lipinski definition) is 6. The van der Waals surface area contributed by atoms with Crippen molar-refractivity contribution in [1.82, 2.24) is 4.98 Å². The van der Waals surface area contributed by atoms with Gasteiger partial charge in [-0.3, -0.25) is 4.79 Å². The van der Waals surface area contributed by atoms with Crippen LogP contribution in [0.2, 0.25) is 0 Å². The zero-order valence-electron chi connectivity index (χ0n) is 15.4. The molecule has 0 bridgehead atoms. The number of benzene rings is 1. The summed E-state index contributed by atoms with van der Waals surface area (Å²) in [5.74, 6) is -1.41. The topological polar surface area (TPSA) is 113 Å².